The van der Waals surface area contributed by atoms with Gasteiger partial charge in [0, 0.05) is 29.8 Å². The van der Waals surface area contributed by atoms with Crippen molar-refractivity contribution >= 4 is 27.5 Å². The summed E-state index contributed by atoms with van der Waals surface area (Å²) in [5, 5.41) is 2.93. The Balaban J connectivity index is 1.38. The Morgan fingerprint density at radius 3 is 2.65 bits per heavy atom. The van der Waals surface area contributed by atoms with E-state index < -0.39 is 0 Å². The Bertz CT molecular complexity index is 715. The van der Waals surface area contributed by atoms with Crippen LogP contribution >= 0.6 is 15.9 Å². The normalized spacial score (nSPS) is 14.1. The first-order valence-electron chi connectivity index (χ1n) is 8.77. The lowest BCUT2D eigenvalue weighted by Crippen LogP contribution is -2.36. The molecule has 0 saturated carbocycles. The van der Waals surface area contributed by atoms with Gasteiger partial charge >= 0.3 is 0 Å². The fourth-order valence-corrected chi connectivity index (χ4v) is 3.13. The first-order chi connectivity index (χ1) is 12.7. The number of hydrogen-bond donors (Lipinski definition) is 1. The SMILES string of the molecule is O=C(CCOc1cccc(Br)c1)NCc1ccc(N2CCOCC2)cc1. The van der Waals surface area contributed by atoms with Crippen LogP contribution in [0.1, 0.15) is 12.0 Å². The second kappa shape index (κ2) is 9.59. The number of ether oxygens (including phenoxy) is 2. The van der Waals surface area contributed by atoms with Gasteiger partial charge in [-0.2, -0.15) is 0 Å². The van der Waals surface area contributed by atoms with Gasteiger partial charge in [-0.15, -0.1) is 0 Å². The summed E-state index contributed by atoms with van der Waals surface area (Å²) in [4.78, 5) is 14.3. The Morgan fingerprint density at radius 1 is 1.15 bits per heavy atom. The highest BCUT2D eigenvalue weighted by Gasteiger charge is 2.10. The summed E-state index contributed by atoms with van der Waals surface area (Å²) < 4.78 is 11.9. The maximum absolute atomic E-state index is 12.0. The molecule has 1 aliphatic rings. The molecule has 138 valence electrons. The second-order valence-electron chi connectivity index (χ2n) is 6.10. The van der Waals surface area contributed by atoms with Crippen molar-refractivity contribution in [1.29, 1.82) is 0 Å². The molecule has 6 heteroatoms. The third kappa shape index (κ3) is 5.75. The highest BCUT2D eigenvalue weighted by molar-refractivity contribution is 9.10. The highest BCUT2D eigenvalue weighted by atomic mass is 79.9. The number of nitrogens with zero attached hydrogens (tertiary/aromatic N) is 1. The van der Waals surface area contributed by atoms with E-state index in [1.165, 1.54) is 5.69 Å². The molecule has 1 N–H and O–H groups in total. The molecule has 1 saturated heterocycles. The van der Waals surface area contributed by atoms with Crippen molar-refractivity contribution in [3.63, 3.8) is 0 Å². The molecular formula is C20H23BrN2O3. The number of carbonyl (C=O) groups is 1. The summed E-state index contributed by atoms with van der Waals surface area (Å²) >= 11 is 3.40. The largest absolute Gasteiger partial charge is 0.493 e. The van der Waals surface area contributed by atoms with Crippen LogP contribution in [0.25, 0.3) is 0 Å². The summed E-state index contributed by atoms with van der Waals surface area (Å²) in [5.41, 5.74) is 2.29. The van der Waals surface area contributed by atoms with Crippen molar-refractivity contribution in [2.24, 2.45) is 0 Å². The van der Waals surface area contributed by atoms with Gasteiger partial charge in [0.25, 0.3) is 0 Å². The molecule has 5 nitrogen and oxygen atoms in total. The summed E-state index contributed by atoms with van der Waals surface area (Å²) in [5.74, 6) is 0.739. The molecule has 0 atom stereocenters. The van der Waals surface area contributed by atoms with E-state index in [1.54, 1.807) is 0 Å². The number of morpholine rings is 1. The number of carbonyl (C=O) groups excluding carboxylic acids is 1. The number of nitrogens with one attached hydrogen (secondary N) is 1. The zero-order valence-electron chi connectivity index (χ0n) is 14.6. The lowest BCUT2D eigenvalue weighted by atomic mass is 10.2. The smallest absolute Gasteiger partial charge is 0.223 e. The average molecular weight is 419 g/mol. The van der Waals surface area contributed by atoms with Crippen LogP contribution in [0.2, 0.25) is 0 Å². The highest BCUT2D eigenvalue weighted by Crippen LogP contribution is 2.18. The summed E-state index contributed by atoms with van der Waals surface area (Å²) in [6.45, 7) is 4.29. The quantitative estimate of drug-likeness (QED) is 0.748. The summed E-state index contributed by atoms with van der Waals surface area (Å²) in [6.07, 6.45) is 0.332. The second-order valence-corrected chi connectivity index (χ2v) is 7.01. The van der Waals surface area contributed by atoms with Crippen LogP contribution in [-0.4, -0.2) is 38.8 Å². The molecule has 1 heterocycles. The third-order valence-electron chi connectivity index (χ3n) is 4.20. The predicted octanol–water partition coefficient (Wildman–Crippen LogP) is 3.37. The van der Waals surface area contributed by atoms with Crippen LogP contribution in [0, 0.1) is 0 Å². The number of benzene rings is 2. The maximum atomic E-state index is 12.0. The molecule has 0 aromatic heterocycles. The molecule has 1 amide bonds. The van der Waals surface area contributed by atoms with Crippen molar-refractivity contribution in [3.05, 3.63) is 58.6 Å². The lowest BCUT2D eigenvalue weighted by molar-refractivity contribution is -0.121. The van der Waals surface area contributed by atoms with Crippen LogP contribution in [0.15, 0.2) is 53.0 Å². The van der Waals surface area contributed by atoms with Gasteiger partial charge in [-0.05, 0) is 35.9 Å². The molecule has 26 heavy (non-hydrogen) atoms. The van der Waals surface area contributed by atoms with Crippen LogP contribution in [0.4, 0.5) is 5.69 Å². The van der Waals surface area contributed by atoms with Gasteiger partial charge in [0.15, 0.2) is 0 Å². The van der Waals surface area contributed by atoms with Gasteiger partial charge in [-0.3, -0.25) is 4.79 Å². The Kier molecular flexibility index (Phi) is 6.91. The molecule has 1 fully saturated rings. The molecule has 0 aliphatic carbocycles. The molecule has 1 aliphatic heterocycles. The topological polar surface area (TPSA) is 50.8 Å². The van der Waals surface area contributed by atoms with Gasteiger partial charge in [-0.25, -0.2) is 0 Å². The summed E-state index contributed by atoms with van der Waals surface area (Å²) in [7, 11) is 0. The van der Waals surface area contributed by atoms with Gasteiger partial charge in [0.2, 0.25) is 5.91 Å². The van der Waals surface area contributed by atoms with E-state index >= 15 is 0 Å². The van der Waals surface area contributed by atoms with Crippen LogP contribution in [0.3, 0.4) is 0 Å². The van der Waals surface area contributed by atoms with Crippen molar-refractivity contribution in [2.45, 2.75) is 13.0 Å². The molecule has 0 unspecified atom stereocenters. The van der Waals surface area contributed by atoms with Gasteiger partial charge in [0.05, 0.1) is 26.2 Å². The number of amides is 1. The molecule has 2 aromatic carbocycles. The Hall–Kier alpha value is -2.05. The van der Waals surface area contributed by atoms with Crippen LogP contribution < -0.4 is 15.0 Å². The number of hydrogen-bond acceptors (Lipinski definition) is 4. The molecule has 0 bridgehead atoms. The third-order valence-corrected chi connectivity index (χ3v) is 4.69. The van der Waals surface area contributed by atoms with E-state index in [0.717, 1.165) is 42.1 Å². The predicted molar refractivity (Wildman–Crippen MR) is 106 cm³/mol. The van der Waals surface area contributed by atoms with E-state index in [1.807, 2.05) is 24.3 Å². The van der Waals surface area contributed by atoms with Gasteiger partial charge in [-0.1, -0.05) is 34.1 Å². The van der Waals surface area contributed by atoms with E-state index in [4.69, 9.17) is 9.47 Å². The van der Waals surface area contributed by atoms with Crippen molar-refractivity contribution in [3.8, 4) is 5.75 Å². The van der Waals surface area contributed by atoms with Crippen LogP contribution in [-0.2, 0) is 16.1 Å². The fourth-order valence-electron chi connectivity index (χ4n) is 2.75. The summed E-state index contributed by atoms with van der Waals surface area (Å²) in [6, 6.07) is 15.9. The van der Waals surface area contributed by atoms with Crippen molar-refractivity contribution < 1.29 is 14.3 Å². The fraction of sp³-hybridized carbons (Fsp3) is 0.350. The number of halogens is 1. The molecule has 0 radical (unpaired) electrons. The Morgan fingerprint density at radius 2 is 1.92 bits per heavy atom. The zero-order chi connectivity index (χ0) is 18.2. The Labute approximate surface area is 162 Å². The lowest BCUT2D eigenvalue weighted by Gasteiger charge is -2.28. The molecular weight excluding hydrogens is 396 g/mol. The van der Waals surface area contributed by atoms with Crippen molar-refractivity contribution in [1.82, 2.24) is 5.32 Å². The standard InChI is InChI=1S/C20H23BrN2O3/c21-17-2-1-3-19(14-17)26-11-8-20(24)22-15-16-4-6-18(7-5-16)23-9-12-25-13-10-23/h1-7,14H,8-13,15H2,(H,22,24). The number of anilines is 1. The van der Waals surface area contributed by atoms with Gasteiger partial charge in [0.1, 0.15) is 5.75 Å². The average Bonchev–Trinajstić information content (AvgIpc) is 2.68. The minimum absolute atomic E-state index is 0.0164. The molecule has 2 aromatic rings. The first kappa shape index (κ1) is 18.7. The first-order valence-corrected chi connectivity index (χ1v) is 9.57. The molecule has 3 rings (SSSR count). The van der Waals surface area contributed by atoms with Crippen molar-refractivity contribution in [2.75, 3.05) is 37.8 Å². The minimum atomic E-state index is -0.0164. The van der Waals surface area contributed by atoms with E-state index in [2.05, 4.69) is 50.4 Å². The van der Waals surface area contributed by atoms with Gasteiger partial charge < -0.3 is 19.7 Å². The number of rotatable bonds is 7. The van der Waals surface area contributed by atoms with E-state index in [0.29, 0.717) is 19.6 Å². The monoisotopic (exact) mass is 418 g/mol. The molecule has 0 spiro atoms. The van der Waals surface area contributed by atoms with Crippen LogP contribution in [0.5, 0.6) is 5.75 Å². The minimum Gasteiger partial charge on any atom is -0.493 e. The van der Waals surface area contributed by atoms with E-state index in [-0.39, 0.29) is 5.91 Å². The zero-order valence-corrected chi connectivity index (χ0v) is 16.2. The van der Waals surface area contributed by atoms with E-state index in [9.17, 15) is 4.79 Å². The maximum Gasteiger partial charge on any atom is 0.223 e.